The second kappa shape index (κ2) is 7.65. The molecule has 1 atom stereocenters. The van der Waals surface area contributed by atoms with Crippen LogP contribution in [0.4, 0.5) is 5.69 Å². The number of benzene rings is 1. The molecule has 1 unspecified atom stereocenters. The molecule has 0 aromatic heterocycles. The molecule has 1 aliphatic rings. The summed E-state index contributed by atoms with van der Waals surface area (Å²) < 4.78 is 5.78. The van der Waals surface area contributed by atoms with Crippen molar-refractivity contribution in [3.8, 4) is 0 Å². The Balaban J connectivity index is 2.12. The highest BCUT2D eigenvalue weighted by Gasteiger charge is 2.20. The van der Waals surface area contributed by atoms with Crippen LogP contribution in [0.5, 0.6) is 0 Å². The highest BCUT2D eigenvalue weighted by atomic mass is 16.5. The average Bonchev–Trinajstić information content (AvgIpc) is 2.48. The average molecular weight is 276 g/mol. The first-order valence-corrected chi connectivity index (χ1v) is 7.91. The summed E-state index contributed by atoms with van der Waals surface area (Å²) in [5, 5.41) is 3.53. The number of anilines is 1. The summed E-state index contributed by atoms with van der Waals surface area (Å²) in [4.78, 5) is 2.49. The molecule has 3 heteroatoms. The fourth-order valence-electron chi connectivity index (χ4n) is 2.75. The van der Waals surface area contributed by atoms with Gasteiger partial charge in [-0.15, -0.1) is 0 Å². The predicted molar refractivity (Wildman–Crippen MR) is 85.4 cm³/mol. The molecule has 0 saturated carbocycles. The van der Waals surface area contributed by atoms with Gasteiger partial charge in [0.15, 0.2) is 0 Å². The van der Waals surface area contributed by atoms with Gasteiger partial charge in [-0.05, 0) is 37.9 Å². The van der Waals surface area contributed by atoms with Crippen molar-refractivity contribution in [3.63, 3.8) is 0 Å². The molecule has 1 aromatic carbocycles. The second-order valence-corrected chi connectivity index (χ2v) is 5.66. The molecule has 0 spiro atoms. The minimum atomic E-state index is 0.376. The van der Waals surface area contributed by atoms with E-state index in [0.29, 0.717) is 6.10 Å². The van der Waals surface area contributed by atoms with Gasteiger partial charge in [-0.3, -0.25) is 0 Å². The fraction of sp³-hybridized carbons (Fsp3) is 0.647. The van der Waals surface area contributed by atoms with Gasteiger partial charge >= 0.3 is 0 Å². The van der Waals surface area contributed by atoms with Crippen LogP contribution >= 0.6 is 0 Å². The van der Waals surface area contributed by atoms with E-state index in [0.717, 1.165) is 39.2 Å². The lowest BCUT2D eigenvalue weighted by atomic mass is 10.1. The summed E-state index contributed by atoms with van der Waals surface area (Å²) >= 11 is 0. The van der Waals surface area contributed by atoms with Crippen molar-refractivity contribution in [2.24, 2.45) is 0 Å². The molecule has 3 nitrogen and oxygen atoms in total. The first-order valence-electron chi connectivity index (χ1n) is 7.91. The van der Waals surface area contributed by atoms with E-state index in [-0.39, 0.29) is 0 Å². The van der Waals surface area contributed by atoms with Crippen molar-refractivity contribution in [2.45, 2.75) is 46.3 Å². The zero-order chi connectivity index (χ0) is 14.4. The first kappa shape index (κ1) is 15.3. The van der Waals surface area contributed by atoms with Gasteiger partial charge in [0.1, 0.15) is 0 Å². The standard InChI is InChI=1S/C17H28N2O/c1-4-8-18-12-15-11-14(3)6-7-17(15)19-9-10-20-16(5-2)13-19/h6-7,11,16,18H,4-5,8-10,12-13H2,1-3H3. The molecule has 1 fully saturated rings. The van der Waals surface area contributed by atoms with Gasteiger partial charge in [0.2, 0.25) is 0 Å². The number of hydrogen-bond donors (Lipinski definition) is 1. The van der Waals surface area contributed by atoms with Gasteiger partial charge in [-0.25, -0.2) is 0 Å². The lowest BCUT2D eigenvalue weighted by molar-refractivity contribution is 0.0384. The monoisotopic (exact) mass is 276 g/mol. The molecule has 2 rings (SSSR count). The molecule has 1 aromatic rings. The van der Waals surface area contributed by atoms with E-state index in [9.17, 15) is 0 Å². The SMILES string of the molecule is CCCNCc1cc(C)ccc1N1CCOC(CC)C1. The van der Waals surface area contributed by atoms with Crippen LogP contribution in [0.25, 0.3) is 0 Å². The van der Waals surface area contributed by atoms with E-state index in [4.69, 9.17) is 4.74 Å². The van der Waals surface area contributed by atoms with E-state index >= 15 is 0 Å². The zero-order valence-corrected chi connectivity index (χ0v) is 13.1. The molecule has 1 saturated heterocycles. The fourth-order valence-corrected chi connectivity index (χ4v) is 2.75. The summed E-state index contributed by atoms with van der Waals surface area (Å²) in [5.74, 6) is 0. The van der Waals surface area contributed by atoms with Crippen LogP contribution < -0.4 is 10.2 Å². The number of nitrogens with zero attached hydrogens (tertiary/aromatic N) is 1. The Labute approximate surface area is 123 Å². The van der Waals surface area contributed by atoms with Crippen LogP contribution in [-0.2, 0) is 11.3 Å². The Kier molecular flexibility index (Phi) is 5.86. The van der Waals surface area contributed by atoms with Gasteiger partial charge in [0.25, 0.3) is 0 Å². The molecular formula is C17H28N2O. The number of nitrogens with one attached hydrogen (secondary N) is 1. The molecule has 0 amide bonds. The van der Waals surface area contributed by atoms with Gasteiger partial charge in [0, 0.05) is 25.3 Å². The lowest BCUT2D eigenvalue weighted by Crippen LogP contribution is -2.42. The number of hydrogen-bond acceptors (Lipinski definition) is 3. The maximum Gasteiger partial charge on any atom is 0.0748 e. The van der Waals surface area contributed by atoms with Gasteiger partial charge in [-0.2, -0.15) is 0 Å². The Bertz CT molecular complexity index is 419. The van der Waals surface area contributed by atoms with Gasteiger partial charge in [-0.1, -0.05) is 31.5 Å². The van der Waals surface area contributed by atoms with Crippen molar-refractivity contribution in [3.05, 3.63) is 29.3 Å². The lowest BCUT2D eigenvalue weighted by Gasteiger charge is -2.35. The largest absolute Gasteiger partial charge is 0.375 e. The quantitative estimate of drug-likeness (QED) is 0.808. The summed E-state index contributed by atoms with van der Waals surface area (Å²) in [6, 6.07) is 6.81. The Hall–Kier alpha value is -1.06. The summed E-state index contributed by atoms with van der Waals surface area (Å²) in [7, 11) is 0. The van der Waals surface area contributed by atoms with E-state index in [2.05, 4.69) is 49.2 Å². The number of morpholine rings is 1. The molecule has 1 N–H and O–H groups in total. The second-order valence-electron chi connectivity index (χ2n) is 5.66. The summed E-state index contributed by atoms with van der Waals surface area (Å²) in [6.07, 6.45) is 2.64. The zero-order valence-electron chi connectivity index (χ0n) is 13.1. The van der Waals surface area contributed by atoms with Crippen molar-refractivity contribution in [1.82, 2.24) is 5.32 Å². The van der Waals surface area contributed by atoms with E-state index < -0.39 is 0 Å². The summed E-state index contributed by atoms with van der Waals surface area (Å²) in [5.41, 5.74) is 4.12. The van der Waals surface area contributed by atoms with Gasteiger partial charge < -0.3 is 15.0 Å². The highest BCUT2D eigenvalue weighted by Crippen LogP contribution is 2.24. The molecule has 0 aliphatic carbocycles. The van der Waals surface area contributed by atoms with Crippen LogP contribution in [0.15, 0.2) is 18.2 Å². The topological polar surface area (TPSA) is 24.5 Å². The highest BCUT2D eigenvalue weighted by molar-refractivity contribution is 5.55. The predicted octanol–water partition coefficient (Wildman–Crippen LogP) is 3.11. The first-order chi connectivity index (χ1) is 9.74. The maximum atomic E-state index is 5.78. The number of ether oxygens (including phenoxy) is 1. The molecule has 1 aliphatic heterocycles. The molecule has 0 bridgehead atoms. The molecule has 112 valence electrons. The normalized spacial score (nSPS) is 19.4. The van der Waals surface area contributed by atoms with E-state index in [1.165, 1.54) is 23.2 Å². The molecule has 0 radical (unpaired) electrons. The van der Waals surface area contributed by atoms with Crippen molar-refractivity contribution < 1.29 is 4.74 Å². The minimum Gasteiger partial charge on any atom is -0.375 e. The molecule has 20 heavy (non-hydrogen) atoms. The number of rotatable bonds is 6. The van der Waals surface area contributed by atoms with Crippen LogP contribution in [0.1, 0.15) is 37.8 Å². The number of aryl methyl sites for hydroxylation is 1. The van der Waals surface area contributed by atoms with Crippen molar-refractivity contribution in [2.75, 3.05) is 31.1 Å². The van der Waals surface area contributed by atoms with Gasteiger partial charge in [0.05, 0.1) is 12.7 Å². The minimum absolute atomic E-state index is 0.376. The van der Waals surface area contributed by atoms with Crippen LogP contribution in [0, 0.1) is 6.92 Å². The van der Waals surface area contributed by atoms with Crippen molar-refractivity contribution in [1.29, 1.82) is 0 Å². The third kappa shape index (κ3) is 3.97. The Morgan fingerprint density at radius 1 is 1.35 bits per heavy atom. The Morgan fingerprint density at radius 3 is 2.95 bits per heavy atom. The third-order valence-corrected chi connectivity index (χ3v) is 3.91. The summed E-state index contributed by atoms with van der Waals surface area (Å²) in [6.45, 7) is 11.5. The van der Waals surface area contributed by atoms with Crippen LogP contribution in [0.3, 0.4) is 0 Å². The van der Waals surface area contributed by atoms with Crippen LogP contribution in [0.2, 0.25) is 0 Å². The third-order valence-electron chi connectivity index (χ3n) is 3.91. The van der Waals surface area contributed by atoms with E-state index in [1.54, 1.807) is 0 Å². The Morgan fingerprint density at radius 2 is 2.20 bits per heavy atom. The molecule has 1 heterocycles. The molecular weight excluding hydrogens is 248 g/mol. The van der Waals surface area contributed by atoms with Crippen molar-refractivity contribution >= 4 is 5.69 Å². The smallest absolute Gasteiger partial charge is 0.0748 e. The van der Waals surface area contributed by atoms with Crippen LogP contribution in [-0.4, -0.2) is 32.3 Å². The maximum absolute atomic E-state index is 5.78. The van der Waals surface area contributed by atoms with E-state index in [1.807, 2.05) is 0 Å².